The van der Waals surface area contributed by atoms with Crippen LogP contribution in [0.25, 0.3) is 11.0 Å². The number of hydrogen-bond donors (Lipinski definition) is 2. The molecule has 0 fully saturated rings. The number of pyridine rings is 1. The highest BCUT2D eigenvalue weighted by molar-refractivity contribution is 5.81. The van der Waals surface area contributed by atoms with Gasteiger partial charge < -0.3 is 19.9 Å². The largest absolute Gasteiger partial charge is 0.383 e. The molecule has 6 heteroatoms. The van der Waals surface area contributed by atoms with Crippen LogP contribution >= 0.6 is 0 Å². The van der Waals surface area contributed by atoms with E-state index in [2.05, 4.69) is 25.2 Å². The number of methoxy groups -OCH3 is 1. The standard InChI is InChI=1S/C16H19N5O/c1-17-16-20-13-11-18-15(19-12-6-4-3-5-7-12)10-14(13)21(16)8-9-22-2/h3-7,10-11H,8-9H2,1-2H3,(H,17,20)(H,18,19). The monoisotopic (exact) mass is 297 g/mol. The van der Waals surface area contributed by atoms with Crippen molar-refractivity contribution < 1.29 is 4.74 Å². The van der Waals surface area contributed by atoms with Gasteiger partial charge in [-0.05, 0) is 12.1 Å². The average Bonchev–Trinajstić information content (AvgIpc) is 2.91. The molecule has 114 valence electrons. The maximum atomic E-state index is 5.18. The summed E-state index contributed by atoms with van der Waals surface area (Å²) >= 11 is 0. The van der Waals surface area contributed by atoms with Crippen molar-refractivity contribution in [2.45, 2.75) is 6.54 Å². The molecule has 1 aromatic carbocycles. The Labute approximate surface area is 129 Å². The average molecular weight is 297 g/mol. The van der Waals surface area contributed by atoms with Gasteiger partial charge in [-0.25, -0.2) is 9.97 Å². The molecule has 0 amide bonds. The Kier molecular flexibility index (Phi) is 4.20. The second kappa shape index (κ2) is 6.44. The maximum Gasteiger partial charge on any atom is 0.203 e. The van der Waals surface area contributed by atoms with E-state index >= 15 is 0 Å². The Morgan fingerprint density at radius 3 is 2.77 bits per heavy atom. The van der Waals surface area contributed by atoms with Crippen LogP contribution < -0.4 is 10.6 Å². The molecule has 0 bridgehead atoms. The van der Waals surface area contributed by atoms with Crippen LogP contribution in [0.4, 0.5) is 17.5 Å². The summed E-state index contributed by atoms with van der Waals surface area (Å²) in [6, 6.07) is 12.0. The fourth-order valence-corrected chi connectivity index (χ4v) is 2.37. The van der Waals surface area contributed by atoms with Gasteiger partial charge in [0.1, 0.15) is 11.3 Å². The summed E-state index contributed by atoms with van der Waals surface area (Å²) in [7, 11) is 3.56. The van der Waals surface area contributed by atoms with E-state index in [1.54, 1.807) is 13.3 Å². The summed E-state index contributed by atoms with van der Waals surface area (Å²) in [6.45, 7) is 1.36. The quantitative estimate of drug-likeness (QED) is 0.732. The first-order valence-electron chi connectivity index (χ1n) is 7.17. The van der Waals surface area contributed by atoms with Crippen LogP contribution in [0, 0.1) is 0 Å². The minimum absolute atomic E-state index is 0.629. The first-order valence-corrected chi connectivity index (χ1v) is 7.17. The number of fused-ring (bicyclic) bond motifs is 1. The lowest BCUT2D eigenvalue weighted by Crippen LogP contribution is -2.08. The Morgan fingerprint density at radius 1 is 1.23 bits per heavy atom. The molecule has 2 aromatic heterocycles. The molecule has 0 saturated heterocycles. The summed E-state index contributed by atoms with van der Waals surface area (Å²) in [5.74, 6) is 1.60. The van der Waals surface area contributed by atoms with Crippen molar-refractivity contribution in [1.29, 1.82) is 0 Å². The molecule has 0 radical (unpaired) electrons. The summed E-state index contributed by atoms with van der Waals surface area (Å²) in [5, 5.41) is 6.41. The van der Waals surface area contributed by atoms with Crippen molar-refractivity contribution in [3.63, 3.8) is 0 Å². The lowest BCUT2D eigenvalue weighted by atomic mass is 10.3. The van der Waals surface area contributed by atoms with E-state index in [-0.39, 0.29) is 0 Å². The molecule has 0 aliphatic rings. The van der Waals surface area contributed by atoms with Crippen molar-refractivity contribution in [1.82, 2.24) is 14.5 Å². The van der Waals surface area contributed by atoms with Crippen molar-refractivity contribution in [3.8, 4) is 0 Å². The van der Waals surface area contributed by atoms with Gasteiger partial charge in [-0.15, -0.1) is 0 Å². The van der Waals surface area contributed by atoms with Crippen LogP contribution in [-0.4, -0.2) is 35.3 Å². The van der Waals surface area contributed by atoms with E-state index in [0.29, 0.717) is 6.61 Å². The van der Waals surface area contributed by atoms with Gasteiger partial charge in [-0.1, -0.05) is 18.2 Å². The first kappa shape index (κ1) is 14.3. The molecule has 2 heterocycles. The fraction of sp³-hybridized carbons (Fsp3) is 0.250. The third-order valence-electron chi connectivity index (χ3n) is 3.42. The lowest BCUT2D eigenvalue weighted by molar-refractivity contribution is 0.189. The minimum Gasteiger partial charge on any atom is -0.383 e. The number of aromatic nitrogens is 3. The maximum absolute atomic E-state index is 5.18. The van der Waals surface area contributed by atoms with Gasteiger partial charge in [0, 0.05) is 32.5 Å². The second-order valence-electron chi connectivity index (χ2n) is 4.88. The topological polar surface area (TPSA) is 64.0 Å². The number of hydrogen-bond acceptors (Lipinski definition) is 5. The summed E-state index contributed by atoms with van der Waals surface area (Å²) < 4.78 is 7.28. The summed E-state index contributed by atoms with van der Waals surface area (Å²) in [4.78, 5) is 8.96. The predicted octanol–water partition coefficient (Wildman–Crippen LogP) is 2.86. The number of rotatable bonds is 6. The number of anilines is 3. The lowest BCUT2D eigenvalue weighted by Gasteiger charge is -2.09. The van der Waals surface area contributed by atoms with Crippen LogP contribution in [0.1, 0.15) is 0 Å². The van der Waals surface area contributed by atoms with Gasteiger partial charge in [0.05, 0.1) is 18.3 Å². The Hall–Kier alpha value is -2.60. The van der Waals surface area contributed by atoms with E-state index in [0.717, 1.165) is 35.0 Å². The minimum atomic E-state index is 0.629. The number of imidazole rings is 1. The zero-order valence-electron chi connectivity index (χ0n) is 12.7. The number of nitrogens with one attached hydrogen (secondary N) is 2. The number of nitrogens with zero attached hydrogens (tertiary/aromatic N) is 3. The highest BCUT2D eigenvalue weighted by Gasteiger charge is 2.10. The number of ether oxygens (including phenoxy) is 1. The Morgan fingerprint density at radius 2 is 2.05 bits per heavy atom. The Bertz CT molecular complexity index is 754. The highest BCUT2D eigenvalue weighted by Crippen LogP contribution is 2.23. The Balaban J connectivity index is 1.96. The normalized spacial score (nSPS) is 10.8. The number of para-hydroxylation sites is 1. The molecule has 2 N–H and O–H groups in total. The molecule has 0 unspecified atom stereocenters. The van der Waals surface area contributed by atoms with Crippen molar-refractivity contribution in [2.75, 3.05) is 31.4 Å². The van der Waals surface area contributed by atoms with Gasteiger partial charge in [-0.3, -0.25) is 0 Å². The van der Waals surface area contributed by atoms with E-state index in [1.807, 2.05) is 43.4 Å². The van der Waals surface area contributed by atoms with Crippen LogP contribution in [-0.2, 0) is 11.3 Å². The molecule has 22 heavy (non-hydrogen) atoms. The fourth-order valence-electron chi connectivity index (χ4n) is 2.37. The second-order valence-corrected chi connectivity index (χ2v) is 4.88. The number of benzene rings is 1. The summed E-state index contributed by atoms with van der Waals surface area (Å²) in [5.41, 5.74) is 2.89. The highest BCUT2D eigenvalue weighted by atomic mass is 16.5. The zero-order valence-corrected chi connectivity index (χ0v) is 12.7. The molecule has 0 aliphatic carbocycles. The van der Waals surface area contributed by atoms with E-state index in [1.165, 1.54) is 0 Å². The van der Waals surface area contributed by atoms with Crippen molar-refractivity contribution >= 4 is 28.5 Å². The zero-order chi connectivity index (χ0) is 15.4. The summed E-state index contributed by atoms with van der Waals surface area (Å²) in [6.07, 6.45) is 1.78. The van der Waals surface area contributed by atoms with Crippen LogP contribution in [0.5, 0.6) is 0 Å². The van der Waals surface area contributed by atoms with E-state index < -0.39 is 0 Å². The van der Waals surface area contributed by atoms with Crippen molar-refractivity contribution in [3.05, 3.63) is 42.6 Å². The van der Waals surface area contributed by atoms with Gasteiger partial charge in [0.2, 0.25) is 5.95 Å². The third kappa shape index (κ3) is 2.87. The molecule has 3 rings (SSSR count). The van der Waals surface area contributed by atoms with Gasteiger partial charge in [0.25, 0.3) is 0 Å². The molecule has 0 aliphatic heterocycles. The SMILES string of the molecule is CNc1nc2cnc(Nc3ccccc3)cc2n1CCOC. The smallest absolute Gasteiger partial charge is 0.203 e. The molecule has 3 aromatic rings. The van der Waals surface area contributed by atoms with Gasteiger partial charge in [0.15, 0.2) is 0 Å². The molecule has 0 spiro atoms. The molecular weight excluding hydrogens is 278 g/mol. The van der Waals surface area contributed by atoms with Gasteiger partial charge >= 0.3 is 0 Å². The van der Waals surface area contributed by atoms with Gasteiger partial charge in [-0.2, -0.15) is 0 Å². The van der Waals surface area contributed by atoms with Crippen molar-refractivity contribution in [2.24, 2.45) is 0 Å². The molecule has 0 atom stereocenters. The van der Waals surface area contributed by atoms with E-state index in [4.69, 9.17) is 4.74 Å². The molecule has 6 nitrogen and oxygen atoms in total. The van der Waals surface area contributed by atoms with Crippen LogP contribution in [0.2, 0.25) is 0 Å². The molecule has 0 saturated carbocycles. The third-order valence-corrected chi connectivity index (χ3v) is 3.42. The molecular formula is C16H19N5O. The van der Waals surface area contributed by atoms with Crippen LogP contribution in [0.3, 0.4) is 0 Å². The van der Waals surface area contributed by atoms with Crippen LogP contribution in [0.15, 0.2) is 42.6 Å². The first-order chi connectivity index (χ1) is 10.8. The predicted molar refractivity (Wildman–Crippen MR) is 88.7 cm³/mol. The van der Waals surface area contributed by atoms with E-state index in [9.17, 15) is 0 Å².